The number of pyridine rings is 2. The molecule has 1 saturated heterocycles. The average molecular weight is 453 g/mol. The molecule has 164 valence electrons. The van der Waals surface area contributed by atoms with Gasteiger partial charge in [0.25, 0.3) is 5.91 Å². The van der Waals surface area contributed by atoms with Crippen molar-refractivity contribution < 1.29 is 14.7 Å². The monoisotopic (exact) mass is 452 g/mol. The summed E-state index contributed by atoms with van der Waals surface area (Å²) in [7, 11) is 0. The van der Waals surface area contributed by atoms with Crippen molar-refractivity contribution in [2.75, 3.05) is 11.4 Å². The van der Waals surface area contributed by atoms with Gasteiger partial charge in [0.05, 0.1) is 49.1 Å². The lowest BCUT2D eigenvalue weighted by molar-refractivity contribution is -0.117. The molecule has 32 heavy (non-hydrogen) atoms. The van der Waals surface area contributed by atoms with Crippen molar-refractivity contribution >= 4 is 29.2 Å². The molecule has 2 amide bonds. The minimum absolute atomic E-state index is 0.0676. The summed E-state index contributed by atoms with van der Waals surface area (Å²) < 4.78 is 1.61. The molecule has 5 heterocycles. The second kappa shape index (κ2) is 7.68. The van der Waals surface area contributed by atoms with Crippen molar-refractivity contribution in [3.8, 4) is 5.82 Å². The maximum Gasteiger partial charge on any atom is 0.255 e. The average Bonchev–Trinajstić information content (AvgIpc) is 3.44. The van der Waals surface area contributed by atoms with E-state index in [2.05, 4.69) is 15.1 Å². The summed E-state index contributed by atoms with van der Waals surface area (Å²) >= 11 is 5.97. The maximum atomic E-state index is 13.2. The van der Waals surface area contributed by atoms with Crippen LogP contribution in [0.2, 0.25) is 5.02 Å². The van der Waals surface area contributed by atoms with Gasteiger partial charge in [0.1, 0.15) is 5.82 Å². The van der Waals surface area contributed by atoms with Crippen molar-refractivity contribution in [2.24, 2.45) is 0 Å². The molecule has 1 fully saturated rings. The highest BCUT2D eigenvalue weighted by molar-refractivity contribution is 6.30. The zero-order chi connectivity index (χ0) is 22.6. The van der Waals surface area contributed by atoms with Gasteiger partial charge in [0.2, 0.25) is 5.91 Å². The van der Waals surface area contributed by atoms with Crippen LogP contribution >= 0.6 is 11.6 Å². The predicted molar refractivity (Wildman–Crippen MR) is 117 cm³/mol. The van der Waals surface area contributed by atoms with Crippen molar-refractivity contribution in [1.29, 1.82) is 0 Å². The van der Waals surface area contributed by atoms with E-state index in [9.17, 15) is 14.7 Å². The van der Waals surface area contributed by atoms with E-state index in [4.69, 9.17) is 11.6 Å². The van der Waals surface area contributed by atoms with Crippen LogP contribution in [0.1, 0.15) is 46.4 Å². The third-order valence-corrected chi connectivity index (χ3v) is 6.20. The quantitative estimate of drug-likeness (QED) is 0.652. The Morgan fingerprint density at radius 3 is 2.69 bits per heavy atom. The molecular weight excluding hydrogens is 432 g/mol. The number of anilines is 1. The highest BCUT2D eigenvalue weighted by Crippen LogP contribution is 2.36. The van der Waals surface area contributed by atoms with Gasteiger partial charge in [-0.05, 0) is 37.1 Å². The first-order valence-corrected chi connectivity index (χ1v) is 10.7. The number of aryl methyl sites for hydroxylation is 1. The SMILES string of the molecule is Cc1cc(C(C)N2Cc3c(ccnc3N3C[C@H](O)CC3=O)C2=O)cnc1-n1cc(Cl)cn1. The largest absolute Gasteiger partial charge is 0.391 e. The molecule has 10 heteroatoms. The van der Waals surface area contributed by atoms with Gasteiger partial charge >= 0.3 is 0 Å². The first kappa shape index (κ1) is 20.6. The fourth-order valence-electron chi connectivity index (χ4n) is 4.33. The smallest absolute Gasteiger partial charge is 0.255 e. The fraction of sp³-hybridized carbons (Fsp3) is 0.318. The minimum Gasteiger partial charge on any atom is -0.391 e. The van der Waals surface area contributed by atoms with E-state index in [1.54, 1.807) is 34.2 Å². The molecular formula is C22H21ClN6O3. The Kier molecular flexibility index (Phi) is 4.94. The fourth-order valence-corrected chi connectivity index (χ4v) is 4.46. The van der Waals surface area contributed by atoms with Crippen molar-refractivity contribution in [2.45, 2.75) is 39.0 Å². The maximum absolute atomic E-state index is 13.2. The molecule has 0 saturated carbocycles. The molecule has 2 atom stereocenters. The van der Waals surface area contributed by atoms with Crippen LogP contribution in [0.25, 0.3) is 5.82 Å². The Morgan fingerprint density at radius 2 is 2.03 bits per heavy atom. The van der Waals surface area contributed by atoms with Crippen LogP contribution in [-0.2, 0) is 11.3 Å². The van der Waals surface area contributed by atoms with Gasteiger partial charge in [0, 0.05) is 23.5 Å². The number of aliphatic hydroxyl groups excluding tert-OH is 1. The van der Waals surface area contributed by atoms with Crippen molar-refractivity contribution in [1.82, 2.24) is 24.6 Å². The normalized spacial score (nSPS) is 19.1. The first-order chi connectivity index (χ1) is 15.3. The molecule has 1 unspecified atom stereocenters. The molecule has 0 spiro atoms. The molecule has 0 radical (unpaired) electrons. The summed E-state index contributed by atoms with van der Waals surface area (Å²) in [6.45, 7) is 4.39. The summed E-state index contributed by atoms with van der Waals surface area (Å²) in [6, 6.07) is 3.42. The number of carbonyl (C=O) groups is 2. The number of hydrogen-bond acceptors (Lipinski definition) is 6. The molecule has 3 aromatic rings. The van der Waals surface area contributed by atoms with Crippen LogP contribution in [-0.4, -0.2) is 54.2 Å². The summed E-state index contributed by atoms with van der Waals surface area (Å²) in [4.78, 5) is 37.6. The lowest BCUT2D eigenvalue weighted by atomic mass is 10.1. The molecule has 0 aliphatic carbocycles. The van der Waals surface area contributed by atoms with E-state index in [1.807, 2.05) is 19.9 Å². The topological polar surface area (TPSA) is 104 Å². The zero-order valence-electron chi connectivity index (χ0n) is 17.6. The molecule has 0 bridgehead atoms. The number of halogens is 1. The Bertz CT molecular complexity index is 1240. The number of aromatic nitrogens is 4. The van der Waals surface area contributed by atoms with Crippen LogP contribution in [0, 0.1) is 6.92 Å². The van der Waals surface area contributed by atoms with Crippen LogP contribution in [0.5, 0.6) is 0 Å². The summed E-state index contributed by atoms with van der Waals surface area (Å²) in [6.07, 6.45) is 5.86. The van der Waals surface area contributed by atoms with E-state index in [0.29, 0.717) is 34.3 Å². The molecule has 0 aromatic carbocycles. The van der Waals surface area contributed by atoms with Gasteiger partial charge in [-0.3, -0.25) is 14.5 Å². The lowest BCUT2D eigenvalue weighted by Crippen LogP contribution is -2.28. The van der Waals surface area contributed by atoms with E-state index in [1.165, 1.54) is 11.1 Å². The Balaban J connectivity index is 1.43. The van der Waals surface area contributed by atoms with Crippen LogP contribution in [0.4, 0.5) is 5.82 Å². The molecule has 5 rings (SSSR count). The Morgan fingerprint density at radius 1 is 1.22 bits per heavy atom. The van der Waals surface area contributed by atoms with Crippen molar-refractivity contribution in [3.63, 3.8) is 0 Å². The summed E-state index contributed by atoms with van der Waals surface area (Å²) in [5, 5.41) is 14.6. The number of hydrogen-bond donors (Lipinski definition) is 1. The van der Waals surface area contributed by atoms with Gasteiger partial charge < -0.3 is 10.0 Å². The standard InChI is InChI=1S/C22H21ClN6O3/c1-12-5-14(7-25-20(12)29-9-15(23)8-26-29)13(2)27-11-18-17(22(27)32)3-4-24-21(18)28-10-16(30)6-19(28)31/h3-5,7-9,13,16,30H,6,10-11H2,1-2H3/t13?,16-/m1/s1. The Hall–Kier alpha value is -3.30. The lowest BCUT2D eigenvalue weighted by Gasteiger charge is -2.25. The molecule has 2 aliphatic rings. The van der Waals surface area contributed by atoms with Gasteiger partial charge in [0.15, 0.2) is 5.82 Å². The second-order valence-corrected chi connectivity index (χ2v) is 8.58. The van der Waals surface area contributed by atoms with E-state index < -0.39 is 6.10 Å². The van der Waals surface area contributed by atoms with Gasteiger partial charge in [-0.1, -0.05) is 11.6 Å². The predicted octanol–water partition coefficient (Wildman–Crippen LogP) is 2.44. The highest BCUT2D eigenvalue weighted by Gasteiger charge is 2.38. The number of amides is 2. The molecule has 9 nitrogen and oxygen atoms in total. The van der Waals surface area contributed by atoms with Gasteiger partial charge in [-0.2, -0.15) is 5.10 Å². The number of carbonyl (C=O) groups excluding carboxylic acids is 2. The highest BCUT2D eigenvalue weighted by atomic mass is 35.5. The number of β-amino-alcohol motifs (C(OH)–C–C–N with tert-alkyl or cyclic N) is 1. The third kappa shape index (κ3) is 3.34. The zero-order valence-corrected chi connectivity index (χ0v) is 18.3. The number of nitrogens with zero attached hydrogens (tertiary/aromatic N) is 6. The van der Waals surface area contributed by atoms with Gasteiger partial charge in [-0.25, -0.2) is 14.6 Å². The number of fused-ring (bicyclic) bond motifs is 1. The Labute approximate surface area is 189 Å². The van der Waals surface area contributed by atoms with Crippen LogP contribution in [0.3, 0.4) is 0 Å². The number of rotatable bonds is 4. The molecule has 3 aromatic heterocycles. The summed E-state index contributed by atoms with van der Waals surface area (Å²) in [5.41, 5.74) is 3.02. The molecule has 1 N–H and O–H groups in total. The van der Waals surface area contributed by atoms with E-state index in [0.717, 1.165) is 11.1 Å². The second-order valence-electron chi connectivity index (χ2n) is 8.14. The molecule has 2 aliphatic heterocycles. The third-order valence-electron chi connectivity index (χ3n) is 6.00. The van der Waals surface area contributed by atoms with Crippen LogP contribution < -0.4 is 4.90 Å². The summed E-state index contributed by atoms with van der Waals surface area (Å²) in [5.74, 6) is 0.809. The first-order valence-electron chi connectivity index (χ1n) is 10.3. The van der Waals surface area contributed by atoms with Gasteiger partial charge in [-0.15, -0.1) is 0 Å². The van der Waals surface area contributed by atoms with Crippen LogP contribution in [0.15, 0.2) is 36.9 Å². The number of aliphatic hydroxyl groups is 1. The van der Waals surface area contributed by atoms with E-state index >= 15 is 0 Å². The van der Waals surface area contributed by atoms with Crippen molar-refractivity contribution in [3.05, 3.63) is 64.2 Å². The van der Waals surface area contributed by atoms with E-state index in [-0.39, 0.29) is 30.8 Å². The minimum atomic E-state index is -0.718.